The van der Waals surface area contributed by atoms with Crippen LogP contribution in [-0.2, 0) is 0 Å². The van der Waals surface area contributed by atoms with Gasteiger partial charge in [-0.1, -0.05) is 72.6 Å². The van der Waals surface area contributed by atoms with Crippen LogP contribution < -0.4 is 5.32 Å². The number of nitrogens with one attached hydrogen (secondary N) is 1. The smallest absolute Gasteiger partial charge is 0.156 e. The zero-order valence-corrected chi connectivity index (χ0v) is 15.2. The first kappa shape index (κ1) is 17.9. The Bertz CT molecular complexity index is 315. The van der Waals surface area contributed by atoms with Crippen LogP contribution in [0.25, 0.3) is 0 Å². The van der Waals surface area contributed by atoms with E-state index in [4.69, 9.17) is 0 Å². The van der Waals surface area contributed by atoms with Crippen molar-refractivity contribution in [3.63, 3.8) is 0 Å². The molecule has 1 aliphatic rings. The van der Waals surface area contributed by atoms with Gasteiger partial charge in [0, 0.05) is 11.8 Å². The number of thioether (sulfide) groups is 1. The number of amidine groups is 1. The predicted octanol–water partition coefficient (Wildman–Crippen LogP) is 5.09. The van der Waals surface area contributed by atoms with Gasteiger partial charge >= 0.3 is 0 Å². The Morgan fingerprint density at radius 1 is 1.20 bits per heavy atom. The fourth-order valence-corrected chi connectivity index (χ4v) is 3.91. The molecule has 1 rings (SSSR count). The van der Waals surface area contributed by atoms with Gasteiger partial charge in [0.1, 0.15) is 0 Å². The second-order valence-corrected chi connectivity index (χ2v) is 9.41. The molecule has 1 unspecified atom stereocenters. The van der Waals surface area contributed by atoms with Gasteiger partial charge in [-0.2, -0.15) is 0 Å². The number of aliphatic imine (C=N–C) groups is 1. The molecule has 1 aliphatic heterocycles. The Hall–Kier alpha value is -0.180. The van der Waals surface area contributed by atoms with E-state index in [0.29, 0.717) is 16.1 Å². The van der Waals surface area contributed by atoms with E-state index in [9.17, 15) is 0 Å². The summed E-state index contributed by atoms with van der Waals surface area (Å²) < 4.78 is 0. The zero-order valence-electron chi connectivity index (χ0n) is 14.4. The molecule has 118 valence electrons. The maximum absolute atomic E-state index is 4.67. The zero-order chi connectivity index (χ0) is 15.2. The van der Waals surface area contributed by atoms with Crippen LogP contribution in [0.2, 0.25) is 0 Å². The summed E-state index contributed by atoms with van der Waals surface area (Å²) in [5.74, 6) is 0. The quantitative estimate of drug-likeness (QED) is 0.662. The molecule has 2 nitrogen and oxygen atoms in total. The van der Waals surface area contributed by atoms with Crippen LogP contribution in [0.3, 0.4) is 0 Å². The van der Waals surface area contributed by atoms with E-state index in [0.717, 1.165) is 13.1 Å². The number of unbranched alkanes of at least 4 members (excludes halogenated alkanes) is 2. The van der Waals surface area contributed by atoms with Crippen molar-refractivity contribution in [2.45, 2.75) is 78.9 Å². The third kappa shape index (κ3) is 7.56. The van der Waals surface area contributed by atoms with Gasteiger partial charge in [-0.3, -0.25) is 4.99 Å². The molecule has 20 heavy (non-hydrogen) atoms. The first-order valence-corrected chi connectivity index (χ1v) is 9.05. The summed E-state index contributed by atoms with van der Waals surface area (Å²) in [7, 11) is 0. The minimum atomic E-state index is 0.375. The topological polar surface area (TPSA) is 24.4 Å². The normalized spacial score (nSPS) is 20.1. The maximum atomic E-state index is 4.67. The van der Waals surface area contributed by atoms with Gasteiger partial charge < -0.3 is 5.32 Å². The molecule has 0 amide bonds. The molecule has 0 fully saturated rings. The molecule has 0 bridgehead atoms. The molecule has 1 heterocycles. The lowest BCUT2D eigenvalue weighted by atomic mass is 9.87. The molecule has 0 aromatic carbocycles. The average Bonchev–Trinajstić information content (AvgIpc) is 2.72. The summed E-state index contributed by atoms with van der Waals surface area (Å²) in [6.07, 6.45) is 6.55. The standard InChI is InChI=1S/C17H34N2S/c1-7-8-9-10-17(5,6)13-19-15-18-12-14(20-15)11-16(2,3)4/h14H,7-13H2,1-6H3,(H,18,19). The van der Waals surface area contributed by atoms with E-state index in [-0.39, 0.29) is 0 Å². The third-order valence-electron chi connectivity index (χ3n) is 3.73. The minimum absolute atomic E-state index is 0.375. The lowest BCUT2D eigenvalue weighted by Gasteiger charge is -2.26. The van der Waals surface area contributed by atoms with Crippen LogP contribution in [-0.4, -0.2) is 23.5 Å². The summed E-state index contributed by atoms with van der Waals surface area (Å²) >= 11 is 1.95. The van der Waals surface area contributed by atoms with Crippen LogP contribution in [0.5, 0.6) is 0 Å². The van der Waals surface area contributed by atoms with Crippen LogP contribution in [0.15, 0.2) is 4.99 Å². The molecular weight excluding hydrogens is 264 g/mol. The van der Waals surface area contributed by atoms with Crippen molar-refractivity contribution in [1.82, 2.24) is 5.32 Å². The van der Waals surface area contributed by atoms with E-state index < -0.39 is 0 Å². The van der Waals surface area contributed by atoms with Crippen LogP contribution >= 0.6 is 11.8 Å². The van der Waals surface area contributed by atoms with Crippen molar-refractivity contribution in [1.29, 1.82) is 0 Å². The lowest BCUT2D eigenvalue weighted by molar-refractivity contribution is 0.320. The van der Waals surface area contributed by atoms with Crippen LogP contribution in [0, 0.1) is 10.8 Å². The summed E-state index contributed by atoms with van der Waals surface area (Å²) in [6.45, 7) is 16.0. The Kier molecular flexibility index (Phi) is 6.90. The highest BCUT2D eigenvalue weighted by Gasteiger charge is 2.26. The van der Waals surface area contributed by atoms with E-state index >= 15 is 0 Å². The SMILES string of the molecule is CCCCCC(C)(C)CNC1=NCC(CC(C)(C)C)S1. The van der Waals surface area contributed by atoms with Gasteiger partial charge in [-0.05, 0) is 23.7 Å². The molecular formula is C17H34N2S. The van der Waals surface area contributed by atoms with Crippen molar-refractivity contribution in [3.05, 3.63) is 0 Å². The molecule has 1 atom stereocenters. The molecule has 1 N–H and O–H groups in total. The van der Waals surface area contributed by atoms with E-state index in [1.807, 2.05) is 11.8 Å². The monoisotopic (exact) mass is 298 g/mol. The molecule has 0 saturated heterocycles. The van der Waals surface area contributed by atoms with Crippen molar-refractivity contribution in [3.8, 4) is 0 Å². The molecule has 3 heteroatoms. The lowest BCUT2D eigenvalue weighted by Crippen LogP contribution is -2.32. The summed E-state index contributed by atoms with van der Waals surface area (Å²) in [4.78, 5) is 4.67. The highest BCUT2D eigenvalue weighted by atomic mass is 32.2. The van der Waals surface area contributed by atoms with E-state index in [2.05, 4.69) is 51.9 Å². The summed E-state index contributed by atoms with van der Waals surface area (Å²) in [5.41, 5.74) is 0.780. The molecule has 0 radical (unpaired) electrons. The minimum Gasteiger partial charge on any atom is -0.364 e. The van der Waals surface area contributed by atoms with Crippen molar-refractivity contribution >= 4 is 16.9 Å². The number of nitrogens with zero attached hydrogens (tertiary/aromatic N) is 1. The number of hydrogen-bond acceptors (Lipinski definition) is 3. The molecule has 0 aliphatic carbocycles. The molecule has 0 aromatic heterocycles. The fraction of sp³-hybridized carbons (Fsp3) is 0.941. The fourth-order valence-electron chi connectivity index (χ4n) is 2.56. The highest BCUT2D eigenvalue weighted by molar-refractivity contribution is 8.14. The summed E-state index contributed by atoms with van der Waals surface area (Å²) in [6, 6.07) is 0. The summed E-state index contributed by atoms with van der Waals surface area (Å²) in [5, 5.41) is 5.41. The molecule has 0 saturated carbocycles. The maximum Gasteiger partial charge on any atom is 0.156 e. The molecule has 0 spiro atoms. The Labute approximate surface area is 130 Å². The van der Waals surface area contributed by atoms with E-state index in [1.165, 1.54) is 37.3 Å². The average molecular weight is 299 g/mol. The van der Waals surface area contributed by atoms with Gasteiger partial charge in [0.2, 0.25) is 0 Å². The predicted molar refractivity (Wildman–Crippen MR) is 93.7 cm³/mol. The van der Waals surface area contributed by atoms with Crippen molar-refractivity contribution in [2.75, 3.05) is 13.1 Å². The Balaban J connectivity index is 2.26. The van der Waals surface area contributed by atoms with E-state index in [1.54, 1.807) is 0 Å². The molecule has 0 aromatic rings. The van der Waals surface area contributed by atoms with Crippen molar-refractivity contribution in [2.24, 2.45) is 15.8 Å². The second-order valence-electron chi connectivity index (χ2n) is 8.13. The van der Waals surface area contributed by atoms with Crippen molar-refractivity contribution < 1.29 is 0 Å². The number of hydrogen-bond donors (Lipinski definition) is 1. The second kappa shape index (κ2) is 7.72. The van der Waals surface area contributed by atoms with Gasteiger partial charge in [0.25, 0.3) is 0 Å². The van der Waals surface area contributed by atoms with Crippen LogP contribution in [0.1, 0.15) is 73.6 Å². The highest BCUT2D eigenvalue weighted by Crippen LogP contribution is 2.32. The van der Waals surface area contributed by atoms with Gasteiger partial charge in [-0.15, -0.1) is 0 Å². The van der Waals surface area contributed by atoms with Gasteiger partial charge in [0.15, 0.2) is 5.17 Å². The number of rotatable bonds is 7. The van der Waals surface area contributed by atoms with Gasteiger partial charge in [0.05, 0.1) is 6.54 Å². The van der Waals surface area contributed by atoms with Crippen LogP contribution in [0.4, 0.5) is 0 Å². The third-order valence-corrected chi connectivity index (χ3v) is 4.88. The first-order chi connectivity index (χ1) is 9.22. The first-order valence-electron chi connectivity index (χ1n) is 8.17. The Morgan fingerprint density at radius 3 is 2.50 bits per heavy atom. The Morgan fingerprint density at radius 2 is 1.90 bits per heavy atom. The van der Waals surface area contributed by atoms with Gasteiger partial charge in [-0.25, -0.2) is 0 Å². The largest absolute Gasteiger partial charge is 0.364 e.